The Hall–Kier alpha value is -0.280. The molecular weight excluding hydrogens is 180 g/mol. The Bertz CT molecular complexity index is 127. The largest absolute Gasteiger partial charge is 0.480 e. The summed E-state index contributed by atoms with van der Waals surface area (Å²) in [6.45, 7) is 2.80. The Balaban J connectivity index is 3.14. The molecule has 0 radical (unpaired) electrons. The van der Waals surface area contributed by atoms with Gasteiger partial charge < -0.3 is 9.84 Å². The van der Waals surface area contributed by atoms with Crippen LogP contribution in [-0.2, 0) is 9.53 Å². The first-order chi connectivity index (χ1) is 5.68. The Morgan fingerprint density at radius 3 is 2.75 bits per heavy atom. The number of rotatable bonds is 7. The predicted octanol–water partition coefficient (Wildman–Crippen LogP) is 1.89. The number of ether oxygens (including phenoxy) is 1. The van der Waals surface area contributed by atoms with Crippen molar-refractivity contribution >= 4 is 17.6 Å². The third-order valence-corrected chi connectivity index (χ3v) is 1.74. The lowest BCUT2D eigenvalue weighted by atomic mass is 10.3. The van der Waals surface area contributed by atoms with E-state index in [9.17, 15) is 4.79 Å². The summed E-state index contributed by atoms with van der Waals surface area (Å²) in [6.07, 6.45) is 3.21. The molecule has 1 atom stereocenters. The van der Waals surface area contributed by atoms with Crippen LogP contribution in [0.2, 0.25) is 0 Å². The lowest BCUT2D eigenvalue weighted by molar-refractivity contribution is -0.137. The summed E-state index contributed by atoms with van der Waals surface area (Å²) in [6, 6.07) is 0. The molecule has 0 aromatic heterocycles. The zero-order chi connectivity index (χ0) is 9.40. The average Bonchev–Trinajstić information content (AvgIpc) is 2.03. The maximum absolute atomic E-state index is 10.2. The van der Waals surface area contributed by atoms with E-state index in [2.05, 4.69) is 6.92 Å². The van der Waals surface area contributed by atoms with Crippen LogP contribution in [0.25, 0.3) is 0 Å². The van der Waals surface area contributed by atoms with Crippen LogP contribution in [0, 0.1) is 0 Å². The maximum Gasteiger partial charge on any atom is 0.324 e. The van der Waals surface area contributed by atoms with Gasteiger partial charge in [-0.15, -0.1) is 11.6 Å². The monoisotopic (exact) mass is 194 g/mol. The van der Waals surface area contributed by atoms with E-state index < -0.39 is 11.3 Å². The number of hydrogen-bond donors (Lipinski definition) is 1. The van der Waals surface area contributed by atoms with Gasteiger partial charge in [0.05, 0.1) is 6.61 Å². The first kappa shape index (κ1) is 11.7. The Labute approximate surface area is 77.7 Å². The van der Waals surface area contributed by atoms with Gasteiger partial charge in [0, 0.05) is 6.61 Å². The minimum Gasteiger partial charge on any atom is -0.480 e. The van der Waals surface area contributed by atoms with Crippen molar-refractivity contribution in [1.29, 1.82) is 0 Å². The van der Waals surface area contributed by atoms with Crippen molar-refractivity contribution in [2.45, 2.75) is 31.6 Å². The molecule has 1 unspecified atom stereocenters. The molecule has 0 bridgehead atoms. The van der Waals surface area contributed by atoms with E-state index >= 15 is 0 Å². The van der Waals surface area contributed by atoms with Gasteiger partial charge in [0.25, 0.3) is 0 Å². The normalized spacial score (nSPS) is 12.8. The first-order valence-electron chi connectivity index (χ1n) is 4.13. The summed E-state index contributed by atoms with van der Waals surface area (Å²) in [7, 11) is 0. The van der Waals surface area contributed by atoms with Crippen molar-refractivity contribution < 1.29 is 14.6 Å². The number of carboxylic acids is 1. The van der Waals surface area contributed by atoms with E-state index in [0.717, 1.165) is 19.3 Å². The third-order valence-electron chi connectivity index (χ3n) is 1.42. The smallest absolute Gasteiger partial charge is 0.324 e. The molecule has 0 heterocycles. The first-order valence-corrected chi connectivity index (χ1v) is 4.56. The van der Waals surface area contributed by atoms with Crippen molar-refractivity contribution in [3.05, 3.63) is 0 Å². The van der Waals surface area contributed by atoms with Gasteiger partial charge in [0.2, 0.25) is 0 Å². The molecule has 0 rings (SSSR count). The number of carboxylic acid groups (broad SMARTS) is 1. The van der Waals surface area contributed by atoms with Crippen molar-refractivity contribution in [2.75, 3.05) is 13.2 Å². The van der Waals surface area contributed by atoms with Crippen LogP contribution in [0.4, 0.5) is 0 Å². The molecule has 0 aromatic carbocycles. The summed E-state index contributed by atoms with van der Waals surface area (Å²) in [5.41, 5.74) is 0. The second kappa shape index (κ2) is 7.37. The van der Waals surface area contributed by atoms with E-state index in [-0.39, 0.29) is 6.61 Å². The number of alkyl halides is 1. The third kappa shape index (κ3) is 6.43. The van der Waals surface area contributed by atoms with E-state index in [4.69, 9.17) is 21.4 Å². The predicted molar refractivity (Wildman–Crippen MR) is 47.6 cm³/mol. The lowest BCUT2D eigenvalue weighted by Gasteiger charge is -2.04. The highest BCUT2D eigenvalue weighted by atomic mass is 35.5. The van der Waals surface area contributed by atoms with E-state index in [1.165, 1.54) is 0 Å². The number of aliphatic carboxylic acids is 1. The highest BCUT2D eigenvalue weighted by molar-refractivity contribution is 6.29. The number of unbranched alkanes of at least 4 members (excludes halogenated alkanes) is 2. The lowest BCUT2D eigenvalue weighted by Crippen LogP contribution is -2.19. The van der Waals surface area contributed by atoms with E-state index in [1.807, 2.05) is 0 Å². The second-order valence-electron chi connectivity index (χ2n) is 2.59. The molecule has 3 nitrogen and oxygen atoms in total. The molecule has 1 N–H and O–H groups in total. The average molecular weight is 195 g/mol. The van der Waals surface area contributed by atoms with Crippen molar-refractivity contribution in [3.63, 3.8) is 0 Å². The molecule has 0 aromatic rings. The highest BCUT2D eigenvalue weighted by Gasteiger charge is 2.12. The Kier molecular flexibility index (Phi) is 7.20. The van der Waals surface area contributed by atoms with Crippen LogP contribution in [0.1, 0.15) is 26.2 Å². The van der Waals surface area contributed by atoms with Gasteiger partial charge in [0.1, 0.15) is 0 Å². The molecule has 0 saturated heterocycles. The zero-order valence-corrected chi connectivity index (χ0v) is 8.01. The van der Waals surface area contributed by atoms with Gasteiger partial charge in [-0.1, -0.05) is 19.8 Å². The van der Waals surface area contributed by atoms with Gasteiger partial charge in [-0.05, 0) is 6.42 Å². The van der Waals surface area contributed by atoms with Gasteiger partial charge in [-0.3, -0.25) is 4.79 Å². The highest BCUT2D eigenvalue weighted by Crippen LogP contribution is 1.99. The van der Waals surface area contributed by atoms with Crippen LogP contribution in [0.3, 0.4) is 0 Å². The molecular formula is C8H15ClO3. The number of halogens is 1. The molecule has 0 fully saturated rings. The minimum absolute atomic E-state index is 0.0978. The van der Waals surface area contributed by atoms with Gasteiger partial charge in [-0.2, -0.15) is 0 Å². The Morgan fingerprint density at radius 1 is 1.58 bits per heavy atom. The summed E-state index contributed by atoms with van der Waals surface area (Å²) >= 11 is 5.40. The Morgan fingerprint density at radius 2 is 2.25 bits per heavy atom. The van der Waals surface area contributed by atoms with Crippen LogP contribution in [-0.4, -0.2) is 29.7 Å². The maximum atomic E-state index is 10.2. The SMILES string of the molecule is CCCCCOCC(Cl)C(=O)O. The minimum atomic E-state index is -1.02. The van der Waals surface area contributed by atoms with Crippen LogP contribution in [0.15, 0.2) is 0 Å². The molecule has 0 spiro atoms. The molecule has 0 saturated carbocycles. The van der Waals surface area contributed by atoms with Crippen LogP contribution < -0.4 is 0 Å². The van der Waals surface area contributed by atoms with Gasteiger partial charge in [0.15, 0.2) is 5.38 Å². The van der Waals surface area contributed by atoms with Crippen molar-refractivity contribution in [2.24, 2.45) is 0 Å². The molecule has 0 aliphatic rings. The standard InChI is InChI=1S/C8H15ClO3/c1-2-3-4-5-12-6-7(9)8(10)11/h7H,2-6H2,1H3,(H,10,11). The van der Waals surface area contributed by atoms with E-state index in [0.29, 0.717) is 6.61 Å². The van der Waals surface area contributed by atoms with Gasteiger partial charge >= 0.3 is 5.97 Å². The molecule has 4 heteroatoms. The topological polar surface area (TPSA) is 46.5 Å². The van der Waals surface area contributed by atoms with Gasteiger partial charge in [-0.25, -0.2) is 0 Å². The summed E-state index contributed by atoms with van der Waals surface area (Å²) in [4.78, 5) is 10.2. The van der Waals surface area contributed by atoms with Crippen LogP contribution in [0.5, 0.6) is 0 Å². The fourth-order valence-electron chi connectivity index (χ4n) is 0.712. The number of carbonyl (C=O) groups is 1. The zero-order valence-electron chi connectivity index (χ0n) is 7.25. The molecule has 12 heavy (non-hydrogen) atoms. The second-order valence-corrected chi connectivity index (χ2v) is 3.11. The quantitative estimate of drug-likeness (QED) is 0.497. The van der Waals surface area contributed by atoms with E-state index in [1.54, 1.807) is 0 Å². The fraction of sp³-hybridized carbons (Fsp3) is 0.875. The fourth-order valence-corrected chi connectivity index (χ4v) is 0.801. The summed E-state index contributed by atoms with van der Waals surface area (Å²) in [5, 5.41) is 7.46. The molecule has 0 aliphatic heterocycles. The summed E-state index contributed by atoms with van der Waals surface area (Å²) in [5.74, 6) is -1.02. The van der Waals surface area contributed by atoms with Crippen LogP contribution >= 0.6 is 11.6 Å². The van der Waals surface area contributed by atoms with Crippen molar-refractivity contribution in [3.8, 4) is 0 Å². The summed E-state index contributed by atoms with van der Waals surface area (Å²) < 4.78 is 5.05. The molecule has 0 aliphatic carbocycles. The molecule has 0 amide bonds. The molecule has 72 valence electrons. The number of hydrogen-bond acceptors (Lipinski definition) is 2. The van der Waals surface area contributed by atoms with Crippen molar-refractivity contribution in [1.82, 2.24) is 0 Å².